The van der Waals surface area contributed by atoms with Gasteiger partial charge in [0.1, 0.15) is 0 Å². The number of allylic oxidation sites excluding steroid dienone is 1. The second-order valence-electron chi connectivity index (χ2n) is 5.23. The topological polar surface area (TPSA) is 67.4 Å². The third-order valence-corrected chi connectivity index (χ3v) is 3.92. The lowest BCUT2D eigenvalue weighted by Gasteiger charge is -2.35. The second-order valence-corrected chi connectivity index (χ2v) is 5.23. The highest BCUT2D eigenvalue weighted by Gasteiger charge is 2.36. The van der Waals surface area contributed by atoms with Gasteiger partial charge in [0.2, 0.25) is 0 Å². The molecule has 0 aromatic heterocycles. The quantitative estimate of drug-likeness (QED) is 0.769. The first-order valence-corrected chi connectivity index (χ1v) is 7.09. The third-order valence-electron chi connectivity index (χ3n) is 3.92. The lowest BCUT2D eigenvalue weighted by Crippen LogP contribution is -2.53. The van der Waals surface area contributed by atoms with Crippen molar-refractivity contribution in [1.29, 1.82) is 0 Å². The molecule has 2 aliphatic rings. The molecule has 0 aromatic rings. The summed E-state index contributed by atoms with van der Waals surface area (Å²) in [6, 6.07) is -0.422. The highest BCUT2D eigenvalue weighted by Crippen LogP contribution is 2.31. The van der Waals surface area contributed by atoms with Crippen LogP contribution in [0.5, 0.6) is 0 Å². The largest absolute Gasteiger partial charge is 0.463 e. The standard InChI is InChI=1S/C14H22N2O3/c1-3-19-13(17)11-9(2)15-14(18)16-12(11)10-7-5-4-6-8-10/h10,12H,3-8H2,1-2H3,(H2,15,16,18)/t12-/m1/s1. The lowest BCUT2D eigenvalue weighted by molar-refractivity contribution is -0.139. The van der Waals surface area contributed by atoms with Crippen LogP contribution in [-0.2, 0) is 9.53 Å². The van der Waals surface area contributed by atoms with E-state index in [1.165, 1.54) is 19.3 Å². The molecular weight excluding hydrogens is 244 g/mol. The molecule has 0 bridgehead atoms. The minimum absolute atomic E-state index is 0.201. The van der Waals surface area contributed by atoms with Crippen molar-refractivity contribution in [1.82, 2.24) is 10.6 Å². The summed E-state index contributed by atoms with van der Waals surface area (Å²) in [6.07, 6.45) is 5.69. The Hall–Kier alpha value is -1.52. The number of carbonyl (C=O) groups is 2. The third kappa shape index (κ3) is 3.08. The predicted octanol–water partition coefficient (Wildman–Crippen LogP) is 2.09. The molecule has 0 unspecified atom stereocenters. The van der Waals surface area contributed by atoms with Gasteiger partial charge in [0, 0.05) is 5.70 Å². The smallest absolute Gasteiger partial charge is 0.337 e. The number of rotatable bonds is 3. The molecule has 19 heavy (non-hydrogen) atoms. The Morgan fingerprint density at radius 1 is 1.32 bits per heavy atom. The van der Waals surface area contributed by atoms with Crippen LogP contribution >= 0.6 is 0 Å². The first kappa shape index (κ1) is 13.9. The van der Waals surface area contributed by atoms with Gasteiger partial charge in [-0.2, -0.15) is 0 Å². The molecule has 2 amide bonds. The van der Waals surface area contributed by atoms with Crippen LogP contribution in [0, 0.1) is 5.92 Å². The van der Waals surface area contributed by atoms with E-state index in [0.717, 1.165) is 12.8 Å². The second kappa shape index (κ2) is 6.08. The van der Waals surface area contributed by atoms with Gasteiger partial charge >= 0.3 is 12.0 Å². The maximum Gasteiger partial charge on any atom is 0.337 e. The van der Waals surface area contributed by atoms with E-state index in [2.05, 4.69) is 10.6 Å². The number of hydrogen-bond donors (Lipinski definition) is 2. The van der Waals surface area contributed by atoms with Gasteiger partial charge in [0.15, 0.2) is 0 Å². The Kier molecular flexibility index (Phi) is 4.45. The van der Waals surface area contributed by atoms with E-state index < -0.39 is 0 Å². The lowest BCUT2D eigenvalue weighted by atomic mass is 9.80. The maximum atomic E-state index is 12.1. The van der Waals surface area contributed by atoms with Crippen LogP contribution in [0.4, 0.5) is 4.79 Å². The first-order chi connectivity index (χ1) is 9.13. The van der Waals surface area contributed by atoms with Crippen molar-refractivity contribution in [3.8, 4) is 0 Å². The monoisotopic (exact) mass is 266 g/mol. The number of carbonyl (C=O) groups excluding carboxylic acids is 2. The average Bonchev–Trinajstić information content (AvgIpc) is 2.39. The van der Waals surface area contributed by atoms with Crippen molar-refractivity contribution >= 4 is 12.0 Å². The summed E-state index contributed by atoms with van der Waals surface area (Å²) in [4.78, 5) is 23.7. The fourth-order valence-corrected chi connectivity index (χ4v) is 3.03. The summed E-state index contributed by atoms with van der Waals surface area (Å²) in [5.74, 6) is 0.0252. The Morgan fingerprint density at radius 3 is 2.63 bits per heavy atom. The Morgan fingerprint density at radius 2 is 2.00 bits per heavy atom. The maximum absolute atomic E-state index is 12.1. The van der Waals surface area contributed by atoms with Gasteiger partial charge in [-0.25, -0.2) is 9.59 Å². The van der Waals surface area contributed by atoms with Gasteiger partial charge in [-0.3, -0.25) is 0 Å². The number of nitrogens with one attached hydrogen (secondary N) is 2. The van der Waals surface area contributed by atoms with Gasteiger partial charge in [-0.15, -0.1) is 0 Å². The molecular formula is C14H22N2O3. The van der Waals surface area contributed by atoms with Crippen LogP contribution < -0.4 is 10.6 Å². The molecule has 1 saturated carbocycles. The number of hydrogen-bond acceptors (Lipinski definition) is 3. The van der Waals surface area contributed by atoms with E-state index in [4.69, 9.17) is 4.74 Å². The highest BCUT2D eigenvalue weighted by molar-refractivity contribution is 5.94. The van der Waals surface area contributed by atoms with Gasteiger partial charge in [0.25, 0.3) is 0 Å². The van der Waals surface area contributed by atoms with Crippen molar-refractivity contribution in [3.63, 3.8) is 0 Å². The Bertz CT molecular complexity index is 397. The van der Waals surface area contributed by atoms with E-state index in [0.29, 0.717) is 23.8 Å². The predicted molar refractivity (Wildman–Crippen MR) is 71.4 cm³/mol. The molecule has 2 N–H and O–H groups in total. The number of urea groups is 1. The molecule has 2 rings (SSSR count). The molecule has 0 radical (unpaired) electrons. The van der Waals surface area contributed by atoms with Crippen LogP contribution in [0.15, 0.2) is 11.3 Å². The first-order valence-electron chi connectivity index (χ1n) is 7.09. The molecule has 5 nitrogen and oxygen atoms in total. The van der Waals surface area contributed by atoms with Gasteiger partial charge in [-0.1, -0.05) is 19.3 Å². The summed E-state index contributed by atoms with van der Waals surface area (Å²) in [6.45, 7) is 3.90. The van der Waals surface area contributed by atoms with Crippen LogP contribution in [0.3, 0.4) is 0 Å². The van der Waals surface area contributed by atoms with E-state index in [1.54, 1.807) is 13.8 Å². The van der Waals surface area contributed by atoms with Gasteiger partial charge in [0.05, 0.1) is 18.2 Å². The summed E-state index contributed by atoms with van der Waals surface area (Å²) in [5, 5.41) is 5.56. The molecule has 1 heterocycles. The van der Waals surface area contributed by atoms with Crippen LogP contribution in [0.2, 0.25) is 0 Å². The van der Waals surface area contributed by atoms with Crippen LogP contribution in [0.25, 0.3) is 0 Å². The van der Waals surface area contributed by atoms with E-state index in [-0.39, 0.29) is 18.0 Å². The number of amides is 2. The van der Waals surface area contributed by atoms with Crippen LogP contribution in [0.1, 0.15) is 46.0 Å². The molecule has 1 aliphatic heterocycles. The molecule has 1 atom stereocenters. The minimum atomic E-state index is -0.317. The van der Waals surface area contributed by atoms with Crippen molar-refractivity contribution in [3.05, 3.63) is 11.3 Å². The fraction of sp³-hybridized carbons (Fsp3) is 0.714. The zero-order chi connectivity index (χ0) is 13.8. The number of esters is 1. The summed E-state index contributed by atoms with van der Waals surface area (Å²) in [5.41, 5.74) is 1.21. The van der Waals surface area contributed by atoms with Crippen molar-refractivity contribution in [2.75, 3.05) is 6.61 Å². The molecule has 1 fully saturated rings. The van der Waals surface area contributed by atoms with Crippen molar-refractivity contribution in [2.24, 2.45) is 5.92 Å². The van der Waals surface area contributed by atoms with E-state index >= 15 is 0 Å². The molecule has 0 aromatic carbocycles. The molecule has 5 heteroatoms. The Balaban J connectivity index is 2.23. The molecule has 1 aliphatic carbocycles. The summed E-state index contributed by atoms with van der Waals surface area (Å²) < 4.78 is 5.12. The summed E-state index contributed by atoms with van der Waals surface area (Å²) in [7, 11) is 0. The van der Waals surface area contributed by atoms with Gasteiger partial charge in [-0.05, 0) is 32.6 Å². The van der Waals surface area contributed by atoms with Crippen molar-refractivity contribution in [2.45, 2.75) is 52.0 Å². The van der Waals surface area contributed by atoms with E-state index in [9.17, 15) is 9.59 Å². The van der Waals surface area contributed by atoms with Crippen LogP contribution in [-0.4, -0.2) is 24.6 Å². The van der Waals surface area contributed by atoms with Gasteiger partial charge < -0.3 is 15.4 Å². The van der Waals surface area contributed by atoms with Crippen molar-refractivity contribution < 1.29 is 14.3 Å². The zero-order valence-electron chi connectivity index (χ0n) is 11.6. The molecule has 106 valence electrons. The SMILES string of the molecule is CCOC(=O)C1=C(C)NC(=O)N[C@@H]1C1CCCCC1. The normalized spacial score (nSPS) is 24.7. The molecule has 0 spiro atoms. The summed E-state index contributed by atoms with van der Waals surface area (Å²) >= 11 is 0. The minimum Gasteiger partial charge on any atom is -0.463 e. The van der Waals surface area contributed by atoms with E-state index in [1.807, 2.05) is 0 Å². The highest BCUT2D eigenvalue weighted by atomic mass is 16.5. The Labute approximate surface area is 113 Å². The molecule has 0 saturated heterocycles. The number of ether oxygens (including phenoxy) is 1. The fourth-order valence-electron chi connectivity index (χ4n) is 3.03. The zero-order valence-corrected chi connectivity index (χ0v) is 11.6. The average molecular weight is 266 g/mol.